The van der Waals surface area contributed by atoms with Crippen molar-refractivity contribution in [3.8, 4) is 0 Å². The van der Waals surface area contributed by atoms with Crippen molar-refractivity contribution in [1.82, 2.24) is 15.3 Å². The molecule has 0 radical (unpaired) electrons. The molecule has 1 N–H and O–H groups in total. The molecule has 2 aliphatic rings. The van der Waals surface area contributed by atoms with Crippen LogP contribution in [0.1, 0.15) is 45.4 Å². The molecule has 1 saturated heterocycles. The number of amides is 5. The van der Waals surface area contributed by atoms with Gasteiger partial charge in [0, 0.05) is 50.4 Å². The van der Waals surface area contributed by atoms with Gasteiger partial charge >= 0.3 is 5.97 Å². The lowest BCUT2D eigenvalue weighted by atomic mass is 10.1. The van der Waals surface area contributed by atoms with Gasteiger partial charge in [-0.25, -0.2) is 4.79 Å². The third-order valence-electron chi connectivity index (χ3n) is 4.09. The zero-order valence-electron chi connectivity index (χ0n) is 14.9. The monoisotopic (exact) mass is 379 g/mol. The molecule has 2 aliphatic heterocycles. The number of carbonyl (C=O) groups is 6. The summed E-state index contributed by atoms with van der Waals surface area (Å²) in [6.45, 7) is 1.76. The minimum atomic E-state index is -0.685. The third-order valence-corrected chi connectivity index (χ3v) is 4.09. The van der Waals surface area contributed by atoms with E-state index < -0.39 is 29.6 Å². The second-order valence-electron chi connectivity index (χ2n) is 6.32. The highest BCUT2D eigenvalue weighted by Gasteiger charge is 2.32. The molecule has 10 heteroatoms. The van der Waals surface area contributed by atoms with Crippen LogP contribution >= 0.6 is 0 Å². The van der Waals surface area contributed by atoms with E-state index in [1.807, 2.05) is 0 Å². The first-order valence-electron chi connectivity index (χ1n) is 8.67. The number of imide groups is 2. The summed E-state index contributed by atoms with van der Waals surface area (Å²) in [5.41, 5.74) is 0. The summed E-state index contributed by atoms with van der Waals surface area (Å²) in [5.74, 6) is -2.93. The smallest absolute Gasteiger partial charge is 0.333 e. The van der Waals surface area contributed by atoms with Gasteiger partial charge in [0.05, 0.1) is 0 Å². The van der Waals surface area contributed by atoms with E-state index >= 15 is 0 Å². The lowest BCUT2D eigenvalue weighted by Gasteiger charge is -2.16. The first-order valence-corrected chi connectivity index (χ1v) is 8.67. The highest BCUT2D eigenvalue weighted by molar-refractivity contribution is 6.13. The van der Waals surface area contributed by atoms with Gasteiger partial charge in [-0.3, -0.25) is 28.9 Å². The summed E-state index contributed by atoms with van der Waals surface area (Å²) in [5, 5.41) is 3.22. The van der Waals surface area contributed by atoms with Gasteiger partial charge in [0.15, 0.2) is 0 Å². The van der Waals surface area contributed by atoms with Crippen LogP contribution in [0.3, 0.4) is 0 Å². The molecule has 146 valence electrons. The van der Waals surface area contributed by atoms with Gasteiger partial charge in [0.2, 0.25) is 5.91 Å². The molecular weight excluding hydrogens is 358 g/mol. The minimum Gasteiger partial charge on any atom is -0.354 e. The number of hydroxylamine groups is 2. The zero-order valence-corrected chi connectivity index (χ0v) is 14.9. The topological polar surface area (TPSA) is 130 Å². The average Bonchev–Trinajstić information content (AvgIpc) is 3.09. The van der Waals surface area contributed by atoms with Gasteiger partial charge < -0.3 is 10.2 Å². The predicted octanol–water partition coefficient (Wildman–Crippen LogP) is -0.416. The molecule has 0 saturated carbocycles. The molecular formula is C17H21N3O7. The Kier molecular flexibility index (Phi) is 6.80. The van der Waals surface area contributed by atoms with Gasteiger partial charge in [-0.15, -0.1) is 5.06 Å². The van der Waals surface area contributed by atoms with Crippen LogP contribution in [0.2, 0.25) is 0 Å². The van der Waals surface area contributed by atoms with Crippen LogP contribution in [0.5, 0.6) is 0 Å². The Hall–Kier alpha value is -3.04. The predicted molar refractivity (Wildman–Crippen MR) is 89.1 cm³/mol. The van der Waals surface area contributed by atoms with Crippen LogP contribution in [-0.2, 0) is 33.6 Å². The van der Waals surface area contributed by atoms with Crippen LogP contribution in [0, 0.1) is 0 Å². The molecule has 1 atom stereocenters. The van der Waals surface area contributed by atoms with Crippen molar-refractivity contribution in [3.05, 3.63) is 12.2 Å². The highest BCUT2D eigenvalue weighted by atomic mass is 16.7. The fourth-order valence-corrected chi connectivity index (χ4v) is 2.64. The molecule has 0 bridgehead atoms. The first kappa shape index (κ1) is 20.3. The summed E-state index contributed by atoms with van der Waals surface area (Å²) in [4.78, 5) is 74.8. The van der Waals surface area contributed by atoms with Crippen molar-refractivity contribution in [2.75, 3.05) is 6.54 Å². The minimum absolute atomic E-state index is 0.000276. The van der Waals surface area contributed by atoms with Crippen LogP contribution in [-0.4, -0.2) is 58.1 Å². The molecule has 0 aromatic heterocycles. The van der Waals surface area contributed by atoms with E-state index in [-0.39, 0.29) is 44.2 Å². The second kappa shape index (κ2) is 9.06. The van der Waals surface area contributed by atoms with E-state index in [4.69, 9.17) is 4.84 Å². The molecule has 0 aromatic rings. The SMILES string of the molecule is CC(CCCC(=O)ON1C(=O)CCC1=O)NC(=O)CCN1C(=O)C=CC1=O. The summed E-state index contributed by atoms with van der Waals surface area (Å²) >= 11 is 0. The van der Waals surface area contributed by atoms with E-state index in [1.54, 1.807) is 6.92 Å². The van der Waals surface area contributed by atoms with Crippen molar-refractivity contribution < 1.29 is 33.6 Å². The largest absolute Gasteiger partial charge is 0.354 e. The van der Waals surface area contributed by atoms with Crippen molar-refractivity contribution in [3.63, 3.8) is 0 Å². The van der Waals surface area contributed by atoms with E-state index in [2.05, 4.69) is 5.32 Å². The second-order valence-corrected chi connectivity index (χ2v) is 6.32. The van der Waals surface area contributed by atoms with E-state index in [1.165, 1.54) is 0 Å². The first-order chi connectivity index (χ1) is 12.8. The summed E-state index contributed by atoms with van der Waals surface area (Å²) < 4.78 is 0. The summed E-state index contributed by atoms with van der Waals surface area (Å²) in [6, 6.07) is -0.233. The number of nitrogens with one attached hydrogen (secondary N) is 1. The van der Waals surface area contributed by atoms with Crippen LogP contribution in [0.25, 0.3) is 0 Å². The molecule has 0 spiro atoms. The summed E-state index contributed by atoms with van der Waals surface area (Å²) in [7, 11) is 0. The summed E-state index contributed by atoms with van der Waals surface area (Å²) in [6.07, 6.45) is 3.26. The lowest BCUT2D eigenvalue weighted by molar-refractivity contribution is -0.197. The van der Waals surface area contributed by atoms with Crippen LogP contribution < -0.4 is 5.32 Å². The van der Waals surface area contributed by atoms with Crippen molar-refractivity contribution in [2.24, 2.45) is 0 Å². The van der Waals surface area contributed by atoms with Gasteiger partial charge in [-0.1, -0.05) is 0 Å². The lowest BCUT2D eigenvalue weighted by Crippen LogP contribution is -2.37. The number of carbonyl (C=O) groups excluding carboxylic acids is 6. The van der Waals surface area contributed by atoms with Crippen molar-refractivity contribution in [2.45, 2.75) is 51.5 Å². The Labute approximate surface area is 155 Å². The molecule has 0 aliphatic carbocycles. The molecule has 2 heterocycles. The maximum atomic E-state index is 11.9. The van der Waals surface area contributed by atoms with Crippen molar-refractivity contribution in [1.29, 1.82) is 0 Å². The van der Waals surface area contributed by atoms with Crippen molar-refractivity contribution >= 4 is 35.5 Å². The van der Waals surface area contributed by atoms with Gasteiger partial charge in [0.25, 0.3) is 23.6 Å². The average molecular weight is 379 g/mol. The molecule has 1 fully saturated rings. The Morgan fingerprint density at radius 2 is 1.67 bits per heavy atom. The molecule has 2 rings (SSSR count). The van der Waals surface area contributed by atoms with E-state index in [0.29, 0.717) is 17.9 Å². The third kappa shape index (κ3) is 5.73. The van der Waals surface area contributed by atoms with Gasteiger partial charge in [-0.2, -0.15) is 0 Å². The quantitative estimate of drug-likeness (QED) is 0.539. The number of hydrogen-bond donors (Lipinski definition) is 1. The fourth-order valence-electron chi connectivity index (χ4n) is 2.64. The number of rotatable bonds is 9. The van der Waals surface area contributed by atoms with Gasteiger partial charge in [0.1, 0.15) is 0 Å². The molecule has 0 aromatic carbocycles. The maximum absolute atomic E-state index is 11.9. The molecule has 5 amide bonds. The Balaban J connectivity index is 1.60. The Morgan fingerprint density at radius 3 is 2.26 bits per heavy atom. The zero-order chi connectivity index (χ0) is 20.0. The molecule has 1 unspecified atom stereocenters. The fraction of sp³-hybridized carbons (Fsp3) is 0.529. The van der Waals surface area contributed by atoms with Crippen LogP contribution in [0.4, 0.5) is 0 Å². The van der Waals surface area contributed by atoms with E-state index in [9.17, 15) is 28.8 Å². The number of hydrogen-bond acceptors (Lipinski definition) is 7. The van der Waals surface area contributed by atoms with E-state index in [0.717, 1.165) is 17.1 Å². The molecule has 27 heavy (non-hydrogen) atoms. The molecule has 10 nitrogen and oxygen atoms in total. The number of nitrogens with zero attached hydrogens (tertiary/aromatic N) is 2. The normalized spacial score (nSPS) is 17.7. The van der Waals surface area contributed by atoms with Crippen LogP contribution in [0.15, 0.2) is 12.2 Å². The Morgan fingerprint density at radius 1 is 1.07 bits per heavy atom. The maximum Gasteiger partial charge on any atom is 0.333 e. The standard InChI is InChI=1S/C17H21N3O7/c1-11(18-12(21)9-10-19-13(22)5-6-14(19)23)3-2-4-17(26)27-20-15(24)7-8-16(20)25/h5-6,11H,2-4,7-10H2,1H3,(H,18,21). The highest BCUT2D eigenvalue weighted by Crippen LogP contribution is 2.13. The Bertz CT molecular complexity index is 667. The van der Waals surface area contributed by atoms with Gasteiger partial charge in [-0.05, 0) is 19.8 Å².